The highest BCUT2D eigenvalue weighted by Crippen LogP contribution is 2.14. The smallest absolute Gasteiger partial charge is 0.419 e. The molecule has 17 heteroatoms. The molecule has 0 aliphatic rings. The molecule has 0 saturated carbocycles. The number of alkyl carbamates (subject to hydrolysis) is 1. The number of rotatable bonds is 13. The number of esters is 1. The third-order valence-electron chi connectivity index (χ3n) is 5.76. The Morgan fingerprint density at radius 3 is 1.88 bits per heavy atom. The van der Waals surface area contributed by atoms with Crippen molar-refractivity contribution in [3.8, 4) is 0 Å². The molecule has 0 fully saturated rings. The average molecular weight is 683 g/mol. The van der Waals surface area contributed by atoms with Gasteiger partial charge >= 0.3 is 24.1 Å². The second-order valence-electron chi connectivity index (χ2n) is 14.5. The quantitative estimate of drug-likeness (QED) is 0.148. The van der Waals surface area contributed by atoms with E-state index in [1.54, 1.807) is 62.3 Å². The molecule has 48 heavy (non-hydrogen) atoms. The van der Waals surface area contributed by atoms with Crippen LogP contribution < -0.4 is 21.3 Å². The number of carbonyl (C=O) groups is 7. The predicted molar refractivity (Wildman–Crippen MR) is 171 cm³/mol. The number of hydrogen-bond acceptors (Lipinski definition) is 11. The van der Waals surface area contributed by atoms with Gasteiger partial charge in [0, 0.05) is 19.0 Å². The van der Waals surface area contributed by atoms with Crippen molar-refractivity contribution in [3.63, 3.8) is 0 Å². The first kappa shape index (κ1) is 41.3. The van der Waals surface area contributed by atoms with E-state index in [0.29, 0.717) is 0 Å². The second-order valence-corrected chi connectivity index (χ2v) is 14.5. The van der Waals surface area contributed by atoms with Gasteiger partial charge in [-0.15, -0.1) is 0 Å². The van der Waals surface area contributed by atoms with Gasteiger partial charge < -0.3 is 40.6 Å². The summed E-state index contributed by atoms with van der Waals surface area (Å²) in [6, 6.07) is -2.72. The summed E-state index contributed by atoms with van der Waals surface area (Å²) in [5, 5.41) is 18.6. The third-order valence-corrected chi connectivity index (χ3v) is 5.76. The van der Waals surface area contributed by atoms with Crippen LogP contribution in [0.3, 0.4) is 0 Å². The van der Waals surface area contributed by atoms with Gasteiger partial charge in [0.05, 0.1) is 5.69 Å². The Morgan fingerprint density at radius 1 is 0.792 bits per heavy atom. The third kappa shape index (κ3) is 16.2. The van der Waals surface area contributed by atoms with E-state index in [-0.39, 0.29) is 25.0 Å². The van der Waals surface area contributed by atoms with Crippen molar-refractivity contribution in [1.29, 1.82) is 0 Å². The summed E-state index contributed by atoms with van der Waals surface area (Å²) in [6.07, 6.45) is 0.119. The van der Waals surface area contributed by atoms with Crippen LogP contribution >= 0.6 is 0 Å². The van der Waals surface area contributed by atoms with Crippen LogP contribution in [-0.4, -0.2) is 97.5 Å². The zero-order valence-corrected chi connectivity index (χ0v) is 29.6. The number of hydrogen-bond donors (Lipinski definition) is 5. The van der Waals surface area contributed by atoms with E-state index in [0.717, 1.165) is 4.57 Å². The number of aromatic nitrogens is 2. The van der Waals surface area contributed by atoms with Crippen molar-refractivity contribution >= 4 is 41.8 Å². The standard InChI is InChI=1S/C31H50N6O11/c1-28(2,3)46-22(40)13-12-19(23(41)32-15-21(38)39)34-25(43)31(10,11)36-24(42)20(35-26(44)47-29(4,5)6)14-18-16-37(17-33-18)27(45)48-30(7,8)9/h16-17,19-20H,12-15H2,1-11H3,(H,32,41)(H,34,43)(H,35,44)(H,36,42)(H,38,39)/t19-,20-/m0/s1. The fraction of sp³-hybridized carbons (Fsp3) is 0.677. The summed E-state index contributed by atoms with van der Waals surface area (Å²) in [4.78, 5) is 92.2. The van der Waals surface area contributed by atoms with E-state index < -0.39 is 82.8 Å². The molecule has 0 aromatic carbocycles. The zero-order chi connectivity index (χ0) is 37.3. The summed E-state index contributed by atoms with van der Waals surface area (Å²) >= 11 is 0. The number of carbonyl (C=O) groups excluding carboxylic acids is 6. The zero-order valence-electron chi connectivity index (χ0n) is 29.6. The van der Waals surface area contributed by atoms with E-state index in [1.165, 1.54) is 26.4 Å². The molecule has 1 aromatic rings. The Balaban J connectivity index is 3.20. The summed E-state index contributed by atoms with van der Waals surface area (Å²) in [5.74, 6) is -4.55. The van der Waals surface area contributed by atoms with Crippen molar-refractivity contribution in [2.75, 3.05) is 6.54 Å². The SMILES string of the molecule is CC(C)(C)OC(=O)CC[C@H](NC(=O)C(C)(C)NC(=O)[C@H](Cc1cn(C(=O)OC(C)(C)C)cn1)NC(=O)OC(C)(C)C)C(=O)NCC(=O)O. The number of amides is 4. The van der Waals surface area contributed by atoms with Gasteiger partial charge in [-0.1, -0.05) is 0 Å². The molecule has 5 N–H and O–H groups in total. The summed E-state index contributed by atoms with van der Waals surface area (Å²) in [7, 11) is 0. The molecule has 2 atom stereocenters. The molecule has 1 aromatic heterocycles. The highest BCUT2D eigenvalue weighted by Gasteiger charge is 2.36. The normalized spacial score (nSPS) is 13.3. The number of ether oxygens (including phenoxy) is 3. The molecule has 0 aliphatic carbocycles. The monoisotopic (exact) mass is 682 g/mol. The fourth-order valence-electron chi connectivity index (χ4n) is 3.75. The Morgan fingerprint density at radius 2 is 1.35 bits per heavy atom. The Kier molecular flexibility index (Phi) is 14.1. The minimum absolute atomic E-state index is 0.219. The average Bonchev–Trinajstić information content (AvgIpc) is 3.34. The molecule has 0 radical (unpaired) electrons. The Hall–Kier alpha value is -4.70. The summed E-state index contributed by atoms with van der Waals surface area (Å²) in [5.41, 5.74) is -3.97. The number of imidazole rings is 1. The summed E-state index contributed by atoms with van der Waals surface area (Å²) in [6.45, 7) is 16.9. The minimum atomic E-state index is -1.71. The number of nitrogens with one attached hydrogen (secondary N) is 4. The van der Waals surface area contributed by atoms with Crippen LogP contribution in [0.1, 0.15) is 94.7 Å². The van der Waals surface area contributed by atoms with E-state index in [2.05, 4.69) is 26.3 Å². The lowest BCUT2D eigenvalue weighted by molar-refractivity contribution is -0.155. The molecule has 0 unspecified atom stereocenters. The Bertz CT molecular complexity index is 1350. The lowest BCUT2D eigenvalue weighted by atomic mass is 10.0. The van der Waals surface area contributed by atoms with Crippen molar-refractivity contribution in [1.82, 2.24) is 30.8 Å². The van der Waals surface area contributed by atoms with Crippen molar-refractivity contribution in [2.24, 2.45) is 0 Å². The van der Waals surface area contributed by atoms with Crippen LogP contribution in [0.25, 0.3) is 0 Å². The molecule has 1 rings (SSSR count). The number of nitrogens with zero attached hydrogens (tertiary/aromatic N) is 2. The molecule has 0 aliphatic heterocycles. The second kappa shape index (κ2) is 16.4. The lowest BCUT2D eigenvalue weighted by Crippen LogP contribution is -2.62. The number of carboxylic acids is 1. The molecule has 1 heterocycles. The van der Waals surface area contributed by atoms with Gasteiger partial charge in [-0.2, -0.15) is 0 Å². The van der Waals surface area contributed by atoms with E-state index in [9.17, 15) is 33.6 Å². The van der Waals surface area contributed by atoms with Gasteiger partial charge in [0.2, 0.25) is 17.7 Å². The van der Waals surface area contributed by atoms with Crippen LogP contribution in [0, 0.1) is 0 Å². The van der Waals surface area contributed by atoms with Crippen LogP contribution in [0.4, 0.5) is 9.59 Å². The van der Waals surface area contributed by atoms with Crippen LogP contribution in [0.15, 0.2) is 12.5 Å². The highest BCUT2D eigenvalue weighted by atomic mass is 16.6. The Labute approximate surface area is 280 Å². The molecule has 270 valence electrons. The minimum Gasteiger partial charge on any atom is -0.480 e. The maximum atomic E-state index is 13.5. The first-order valence-electron chi connectivity index (χ1n) is 15.3. The van der Waals surface area contributed by atoms with Crippen LogP contribution in [-0.2, 0) is 44.6 Å². The van der Waals surface area contributed by atoms with Gasteiger partial charge in [0.25, 0.3) is 0 Å². The molecular formula is C31H50N6O11. The molecule has 4 amide bonds. The van der Waals surface area contributed by atoms with Gasteiger partial charge in [0.15, 0.2) is 0 Å². The van der Waals surface area contributed by atoms with Crippen molar-refractivity contribution < 1.29 is 52.9 Å². The number of aliphatic carboxylic acids is 1. The maximum Gasteiger partial charge on any atom is 0.419 e. The van der Waals surface area contributed by atoms with Crippen molar-refractivity contribution in [3.05, 3.63) is 18.2 Å². The topological polar surface area (TPSA) is 233 Å². The maximum absolute atomic E-state index is 13.5. The molecule has 0 spiro atoms. The lowest BCUT2D eigenvalue weighted by Gasteiger charge is -2.30. The first-order valence-corrected chi connectivity index (χ1v) is 15.3. The van der Waals surface area contributed by atoms with E-state index >= 15 is 0 Å². The molecule has 0 bridgehead atoms. The van der Waals surface area contributed by atoms with Gasteiger partial charge in [-0.05, 0) is 82.6 Å². The van der Waals surface area contributed by atoms with Crippen LogP contribution in [0.5, 0.6) is 0 Å². The molecular weight excluding hydrogens is 632 g/mol. The fourth-order valence-corrected chi connectivity index (χ4v) is 3.75. The number of carboxylic acid groups (broad SMARTS) is 1. The largest absolute Gasteiger partial charge is 0.480 e. The van der Waals surface area contributed by atoms with Gasteiger partial charge in [-0.3, -0.25) is 24.0 Å². The summed E-state index contributed by atoms with van der Waals surface area (Å²) < 4.78 is 16.9. The van der Waals surface area contributed by atoms with Gasteiger partial charge in [0.1, 0.15) is 47.3 Å². The first-order chi connectivity index (χ1) is 21.7. The highest BCUT2D eigenvalue weighted by molar-refractivity contribution is 5.96. The van der Waals surface area contributed by atoms with E-state index in [4.69, 9.17) is 19.3 Å². The van der Waals surface area contributed by atoms with Crippen molar-refractivity contribution in [2.45, 2.75) is 130 Å². The predicted octanol–water partition coefficient (Wildman–Crippen LogP) is 1.80. The van der Waals surface area contributed by atoms with Crippen LogP contribution in [0.2, 0.25) is 0 Å². The molecule has 0 saturated heterocycles. The van der Waals surface area contributed by atoms with Gasteiger partial charge in [-0.25, -0.2) is 19.1 Å². The molecule has 17 nitrogen and oxygen atoms in total. The van der Waals surface area contributed by atoms with E-state index in [1.807, 2.05) is 0 Å².